The van der Waals surface area contributed by atoms with Crippen LogP contribution >= 0.6 is 0 Å². The lowest BCUT2D eigenvalue weighted by molar-refractivity contribution is 0.203. The smallest absolute Gasteiger partial charge is 0.151 e. The van der Waals surface area contributed by atoms with Gasteiger partial charge in [-0.25, -0.2) is 12.8 Å². The first-order chi connectivity index (χ1) is 9.00. The minimum Gasteiger partial charge on any atom is -0.295 e. The van der Waals surface area contributed by atoms with Crippen molar-refractivity contribution in [3.63, 3.8) is 0 Å². The van der Waals surface area contributed by atoms with E-state index in [9.17, 15) is 12.8 Å². The molecule has 0 aliphatic carbocycles. The summed E-state index contributed by atoms with van der Waals surface area (Å²) < 4.78 is 36.3. The van der Waals surface area contributed by atoms with Crippen molar-refractivity contribution in [3.8, 4) is 0 Å². The van der Waals surface area contributed by atoms with Crippen LogP contribution in [0, 0.1) is 5.82 Å². The van der Waals surface area contributed by atoms with Gasteiger partial charge in [0.2, 0.25) is 0 Å². The van der Waals surface area contributed by atoms with Crippen LogP contribution in [0.25, 0.3) is 0 Å². The third-order valence-electron chi connectivity index (χ3n) is 3.51. The Kier molecular flexibility index (Phi) is 4.58. The molecular weight excluding hydrogens is 265 g/mol. The van der Waals surface area contributed by atoms with Gasteiger partial charge in [0, 0.05) is 12.6 Å². The molecule has 1 aliphatic heterocycles. The van der Waals surface area contributed by atoms with Gasteiger partial charge in [-0.2, -0.15) is 0 Å². The van der Waals surface area contributed by atoms with Gasteiger partial charge >= 0.3 is 0 Å². The maximum atomic E-state index is 13.2. The van der Waals surface area contributed by atoms with Crippen LogP contribution < -0.4 is 0 Å². The molecule has 0 saturated carbocycles. The maximum absolute atomic E-state index is 13.2. The Morgan fingerprint density at radius 3 is 2.79 bits per heavy atom. The number of hydrogen-bond acceptors (Lipinski definition) is 3. The van der Waals surface area contributed by atoms with Crippen LogP contribution in [-0.2, 0) is 16.4 Å². The Morgan fingerprint density at radius 1 is 1.42 bits per heavy atom. The summed E-state index contributed by atoms with van der Waals surface area (Å²) in [6.07, 6.45) is 1.66. The van der Waals surface area contributed by atoms with E-state index in [1.165, 1.54) is 12.1 Å². The highest BCUT2D eigenvalue weighted by molar-refractivity contribution is 7.91. The van der Waals surface area contributed by atoms with Gasteiger partial charge in [0.25, 0.3) is 0 Å². The second-order valence-corrected chi connectivity index (χ2v) is 7.39. The van der Waals surface area contributed by atoms with Gasteiger partial charge in [-0.05, 0) is 37.1 Å². The molecule has 5 heteroatoms. The summed E-state index contributed by atoms with van der Waals surface area (Å²) in [6.45, 7) is 3.53. The van der Waals surface area contributed by atoms with Gasteiger partial charge in [0.05, 0.1) is 11.5 Å². The van der Waals surface area contributed by atoms with Crippen LogP contribution in [0.1, 0.15) is 25.3 Å². The normalized spacial score (nSPS) is 21.9. The summed E-state index contributed by atoms with van der Waals surface area (Å²) >= 11 is 0. The summed E-state index contributed by atoms with van der Waals surface area (Å²) in [6, 6.07) is 6.60. The average molecular weight is 285 g/mol. The molecule has 106 valence electrons. The molecule has 0 unspecified atom stereocenters. The van der Waals surface area contributed by atoms with Crippen LogP contribution in [0.4, 0.5) is 4.39 Å². The summed E-state index contributed by atoms with van der Waals surface area (Å²) in [5.41, 5.74) is 0.901. The molecule has 0 bridgehead atoms. The van der Waals surface area contributed by atoms with E-state index in [0.29, 0.717) is 13.0 Å². The third-order valence-corrected chi connectivity index (χ3v) is 5.26. The Labute approximate surface area is 114 Å². The van der Waals surface area contributed by atoms with E-state index < -0.39 is 9.84 Å². The fraction of sp³-hybridized carbons (Fsp3) is 0.571. The topological polar surface area (TPSA) is 37.4 Å². The van der Waals surface area contributed by atoms with Gasteiger partial charge in [-0.15, -0.1) is 0 Å². The third kappa shape index (κ3) is 4.01. The number of halogens is 1. The molecule has 0 N–H and O–H groups in total. The molecular formula is C14H20FNO2S. The number of hydrogen-bond donors (Lipinski definition) is 0. The molecule has 0 amide bonds. The summed E-state index contributed by atoms with van der Waals surface area (Å²) in [5, 5.41) is 0. The molecule has 0 radical (unpaired) electrons. The van der Waals surface area contributed by atoms with Crippen molar-refractivity contribution in [3.05, 3.63) is 35.6 Å². The van der Waals surface area contributed by atoms with E-state index in [-0.39, 0.29) is 23.4 Å². The van der Waals surface area contributed by atoms with E-state index >= 15 is 0 Å². The Balaban J connectivity index is 2.08. The zero-order valence-electron chi connectivity index (χ0n) is 11.2. The van der Waals surface area contributed by atoms with Gasteiger partial charge in [0.15, 0.2) is 9.84 Å². The highest BCUT2D eigenvalue weighted by Crippen LogP contribution is 2.20. The quantitative estimate of drug-likeness (QED) is 0.832. The molecule has 1 atom stereocenters. The second-order valence-electron chi connectivity index (χ2n) is 5.16. The van der Waals surface area contributed by atoms with Crippen molar-refractivity contribution in [1.82, 2.24) is 4.90 Å². The zero-order chi connectivity index (χ0) is 13.9. The van der Waals surface area contributed by atoms with Gasteiger partial charge < -0.3 is 0 Å². The van der Waals surface area contributed by atoms with Crippen molar-refractivity contribution in [2.75, 3.05) is 18.1 Å². The molecule has 3 nitrogen and oxygen atoms in total. The minimum absolute atomic E-state index is 0.0771. The van der Waals surface area contributed by atoms with E-state index in [0.717, 1.165) is 18.5 Å². The van der Waals surface area contributed by atoms with Gasteiger partial charge in [0.1, 0.15) is 5.82 Å². The van der Waals surface area contributed by atoms with Crippen molar-refractivity contribution in [2.45, 2.75) is 32.4 Å². The highest BCUT2D eigenvalue weighted by atomic mass is 32.2. The molecule has 1 fully saturated rings. The maximum Gasteiger partial charge on any atom is 0.151 e. The lowest BCUT2D eigenvalue weighted by atomic mass is 10.1. The van der Waals surface area contributed by atoms with Crippen LogP contribution in [-0.4, -0.2) is 37.4 Å². The zero-order valence-corrected chi connectivity index (χ0v) is 12.0. The first-order valence-electron chi connectivity index (χ1n) is 6.69. The Hall–Kier alpha value is -0.940. The monoisotopic (exact) mass is 285 g/mol. The van der Waals surface area contributed by atoms with Crippen molar-refractivity contribution in [1.29, 1.82) is 0 Å². The number of rotatable bonds is 5. The summed E-state index contributed by atoms with van der Waals surface area (Å²) in [7, 11) is -2.87. The van der Waals surface area contributed by atoms with E-state index in [1.807, 2.05) is 6.07 Å². The Bertz CT molecular complexity index is 530. The molecule has 0 aromatic heterocycles. The lowest BCUT2D eigenvalue weighted by Crippen LogP contribution is -2.36. The van der Waals surface area contributed by atoms with Crippen LogP contribution in [0.3, 0.4) is 0 Å². The summed E-state index contributed by atoms with van der Waals surface area (Å²) in [5.74, 6) is 0.275. The van der Waals surface area contributed by atoms with E-state index in [1.54, 1.807) is 6.07 Å². The van der Waals surface area contributed by atoms with E-state index in [2.05, 4.69) is 11.8 Å². The molecule has 1 aliphatic rings. The van der Waals surface area contributed by atoms with Gasteiger partial charge in [-0.1, -0.05) is 19.1 Å². The number of sulfone groups is 1. The average Bonchev–Trinajstić information content (AvgIpc) is 2.69. The molecule has 2 rings (SSSR count). The largest absolute Gasteiger partial charge is 0.295 e. The predicted octanol–water partition coefficient (Wildman–Crippen LogP) is 2.22. The standard InChI is InChI=1S/C14H20FNO2S/c1-2-7-16(14-6-8-19(17,18)11-14)10-12-4-3-5-13(15)9-12/h3-5,9,14H,2,6-8,10-11H2,1H3/t14-/m1/s1. The molecule has 1 saturated heterocycles. The minimum atomic E-state index is -2.87. The first-order valence-corrected chi connectivity index (χ1v) is 8.51. The number of benzene rings is 1. The fourth-order valence-corrected chi connectivity index (χ4v) is 4.37. The van der Waals surface area contributed by atoms with Crippen LogP contribution in [0.2, 0.25) is 0 Å². The van der Waals surface area contributed by atoms with Gasteiger partial charge in [-0.3, -0.25) is 4.90 Å². The lowest BCUT2D eigenvalue weighted by Gasteiger charge is -2.27. The molecule has 19 heavy (non-hydrogen) atoms. The van der Waals surface area contributed by atoms with Crippen molar-refractivity contribution in [2.24, 2.45) is 0 Å². The molecule has 1 aromatic carbocycles. The molecule has 1 heterocycles. The highest BCUT2D eigenvalue weighted by Gasteiger charge is 2.31. The van der Waals surface area contributed by atoms with Crippen molar-refractivity contribution >= 4 is 9.84 Å². The first kappa shape index (κ1) is 14.5. The second kappa shape index (κ2) is 6.01. The van der Waals surface area contributed by atoms with E-state index in [4.69, 9.17) is 0 Å². The SMILES string of the molecule is CCCN(Cc1cccc(F)c1)[C@@H]1CCS(=O)(=O)C1. The summed E-state index contributed by atoms with van der Waals surface area (Å²) in [4.78, 5) is 2.17. The van der Waals surface area contributed by atoms with Crippen LogP contribution in [0.15, 0.2) is 24.3 Å². The Morgan fingerprint density at radius 2 is 2.21 bits per heavy atom. The molecule has 1 aromatic rings. The predicted molar refractivity (Wildman–Crippen MR) is 74.2 cm³/mol. The number of nitrogens with zero attached hydrogens (tertiary/aromatic N) is 1. The fourth-order valence-electron chi connectivity index (χ4n) is 2.61. The van der Waals surface area contributed by atoms with Crippen LogP contribution in [0.5, 0.6) is 0 Å². The van der Waals surface area contributed by atoms with Crippen molar-refractivity contribution < 1.29 is 12.8 Å². The molecule has 0 spiro atoms.